The average Bonchev–Trinajstić information content (AvgIpc) is 3.75. The summed E-state index contributed by atoms with van der Waals surface area (Å²) in [7, 11) is 0. The molecule has 2 fully saturated rings. The largest absolute Gasteiger partial charge is 0.573 e. The highest BCUT2D eigenvalue weighted by Crippen LogP contribution is 2.46. The second-order valence-electron chi connectivity index (χ2n) is 10.6. The summed E-state index contributed by atoms with van der Waals surface area (Å²) in [6, 6.07) is 20.8. The number of nitrogens with zero attached hydrogens (tertiary/aromatic N) is 2. The smallest absolute Gasteiger partial charge is 0.478 e. The molecule has 4 aromatic rings. The summed E-state index contributed by atoms with van der Waals surface area (Å²) in [5.74, 6) is -0.455. The van der Waals surface area contributed by atoms with Crippen LogP contribution in [-0.2, 0) is 11.3 Å². The van der Waals surface area contributed by atoms with Crippen molar-refractivity contribution < 1.29 is 37.1 Å². The Morgan fingerprint density at radius 2 is 1.67 bits per heavy atom. The number of halogens is 3. The molecule has 1 aliphatic carbocycles. The Hall–Kier alpha value is -4.31. The standard InChI is InChI=1S/C32H29F3N2O5/c33-32(34,35)41-28-9-5-4-8-25(28)29-27(30(42-36-29)21-10-11-21)19-40-23-14-16-37(17-15-23)22-12-13-24(31(38)39)26(18-22)20-6-2-1-3-7-20/h1-9,12-13,18,21,23H,10-11,14-17,19H2,(H,38,39). The van der Waals surface area contributed by atoms with Gasteiger partial charge in [0.15, 0.2) is 0 Å². The van der Waals surface area contributed by atoms with Crippen LogP contribution in [0, 0.1) is 0 Å². The lowest BCUT2D eigenvalue weighted by Gasteiger charge is -2.34. The summed E-state index contributed by atoms with van der Waals surface area (Å²) in [5, 5.41) is 13.9. The topological polar surface area (TPSA) is 85.0 Å². The van der Waals surface area contributed by atoms with Crippen LogP contribution in [-0.4, -0.2) is 41.8 Å². The van der Waals surface area contributed by atoms with Gasteiger partial charge in [0.25, 0.3) is 0 Å². The Bertz CT molecular complexity index is 1560. The Morgan fingerprint density at radius 3 is 2.36 bits per heavy atom. The molecule has 1 saturated carbocycles. The molecule has 6 rings (SSSR count). The molecular formula is C32H29F3N2O5. The third-order valence-electron chi connectivity index (χ3n) is 7.72. The quantitative estimate of drug-likeness (QED) is 0.218. The average molecular weight is 579 g/mol. The molecule has 1 aromatic heterocycles. The van der Waals surface area contributed by atoms with Crippen LogP contribution in [0.4, 0.5) is 18.9 Å². The molecule has 1 N–H and O–H groups in total. The first-order valence-electron chi connectivity index (χ1n) is 13.9. The number of piperidine rings is 1. The van der Waals surface area contributed by atoms with E-state index in [4.69, 9.17) is 9.26 Å². The zero-order valence-electron chi connectivity index (χ0n) is 22.6. The zero-order chi connectivity index (χ0) is 29.3. The van der Waals surface area contributed by atoms with Gasteiger partial charge in [0.05, 0.1) is 18.3 Å². The van der Waals surface area contributed by atoms with Gasteiger partial charge in [-0.3, -0.25) is 0 Å². The summed E-state index contributed by atoms with van der Waals surface area (Å²) < 4.78 is 55.4. The van der Waals surface area contributed by atoms with Gasteiger partial charge >= 0.3 is 12.3 Å². The molecule has 2 heterocycles. The molecular weight excluding hydrogens is 549 g/mol. The SMILES string of the molecule is O=C(O)c1ccc(N2CCC(OCc3c(-c4ccccc4OC(F)(F)F)noc3C3CC3)CC2)cc1-c1ccccc1. The predicted octanol–water partition coefficient (Wildman–Crippen LogP) is 7.67. The zero-order valence-corrected chi connectivity index (χ0v) is 22.6. The summed E-state index contributed by atoms with van der Waals surface area (Å²) in [4.78, 5) is 14.1. The highest BCUT2D eigenvalue weighted by Gasteiger charge is 2.36. The van der Waals surface area contributed by atoms with E-state index in [-0.39, 0.29) is 35.5 Å². The monoisotopic (exact) mass is 578 g/mol. The van der Waals surface area contributed by atoms with E-state index in [1.807, 2.05) is 42.5 Å². The van der Waals surface area contributed by atoms with Crippen molar-refractivity contribution >= 4 is 11.7 Å². The first kappa shape index (κ1) is 27.8. The lowest BCUT2D eigenvalue weighted by molar-refractivity contribution is -0.274. The second kappa shape index (κ2) is 11.5. The first-order chi connectivity index (χ1) is 20.3. The van der Waals surface area contributed by atoms with Gasteiger partial charge in [-0.1, -0.05) is 47.6 Å². The number of rotatable bonds is 9. The van der Waals surface area contributed by atoms with Gasteiger partial charge in [-0.25, -0.2) is 4.79 Å². The fourth-order valence-corrected chi connectivity index (χ4v) is 5.47. The van der Waals surface area contributed by atoms with Crippen molar-refractivity contribution in [1.82, 2.24) is 5.16 Å². The lowest BCUT2D eigenvalue weighted by atomic mass is 9.98. The maximum absolute atomic E-state index is 13.1. The minimum Gasteiger partial charge on any atom is -0.478 e. The molecule has 1 saturated heterocycles. The molecule has 10 heteroatoms. The van der Waals surface area contributed by atoms with Gasteiger partial charge in [0.1, 0.15) is 17.2 Å². The first-order valence-corrected chi connectivity index (χ1v) is 13.9. The molecule has 218 valence electrons. The fraction of sp³-hybridized carbons (Fsp3) is 0.312. The Balaban J connectivity index is 1.16. The Morgan fingerprint density at radius 1 is 0.952 bits per heavy atom. The maximum Gasteiger partial charge on any atom is 0.573 e. The number of alkyl halides is 3. The molecule has 0 atom stereocenters. The Labute approximate surface area is 240 Å². The lowest BCUT2D eigenvalue weighted by Crippen LogP contribution is -2.37. The number of para-hydroxylation sites is 1. The fourth-order valence-electron chi connectivity index (χ4n) is 5.47. The molecule has 0 unspecified atom stereocenters. The third kappa shape index (κ3) is 6.13. The van der Waals surface area contributed by atoms with E-state index in [1.165, 1.54) is 18.2 Å². The number of carboxylic acids is 1. The minimum absolute atomic E-state index is 0.0652. The van der Waals surface area contributed by atoms with E-state index < -0.39 is 12.3 Å². The van der Waals surface area contributed by atoms with E-state index in [9.17, 15) is 23.1 Å². The minimum atomic E-state index is -4.83. The number of anilines is 1. The maximum atomic E-state index is 13.1. The number of aromatic carboxylic acids is 1. The molecule has 3 aromatic carbocycles. The van der Waals surface area contributed by atoms with E-state index in [0.29, 0.717) is 35.7 Å². The van der Waals surface area contributed by atoms with Crippen molar-refractivity contribution in [3.63, 3.8) is 0 Å². The van der Waals surface area contributed by atoms with Gasteiger partial charge in [-0.2, -0.15) is 0 Å². The van der Waals surface area contributed by atoms with E-state index in [2.05, 4.69) is 14.8 Å². The van der Waals surface area contributed by atoms with Crippen LogP contribution >= 0.6 is 0 Å². The molecule has 2 aliphatic rings. The number of carbonyl (C=O) groups is 1. The van der Waals surface area contributed by atoms with Crippen molar-refractivity contribution in [2.24, 2.45) is 0 Å². The van der Waals surface area contributed by atoms with E-state index >= 15 is 0 Å². The highest BCUT2D eigenvalue weighted by molar-refractivity contribution is 5.97. The molecule has 7 nitrogen and oxygen atoms in total. The van der Waals surface area contributed by atoms with Gasteiger partial charge in [0, 0.05) is 35.8 Å². The van der Waals surface area contributed by atoms with Crippen molar-refractivity contribution in [2.45, 2.75) is 50.7 Å². The van der Waals surface area contributed by atoms with Crippen molar-refractivity contribution in [3.05, 3.63) is 89.7 Å². The molecule has 0 radical (unpaired) electrons. The number of aromatic nitrogens is 1. The number of ether oxygens (including phenoxy) is 2. The van der Waals surface area contributed by atoms with E-state index in [1.54, 1.807) is 12.1 Å². The van der Waals surface area contributed by atoms with Gasteiger partial charge < -0.3 is 24.0 Å². The van der Waals surface area contributed by atoms with Crippen LogP contribution in [0.2, 0.25) is 0 Å². The van der Waals surface area contributed by atoms with Crippen LogP contribution in [0.15, 0.2) is 77.3 Å². The number of carboxylic acid groups (broad SMARTS) is 1. The van der Waals surface area contributed by atoms with Crippen LogP contribution in [0.5, 0.6) is 5.75 Å². The second-order valence-corrected chi connectivity index (χ2v) is 10.6. The van der Waals surface area contributed by atoms with Crippen LogP contribution in [0.25, 0.3) is 22.4 Å². The third-order valence-corrected chi connectivity index (χ3v) is 7.72. The predicted molar refractivity (Wildman–Crippen MR) is 149 cm³/mol. The summed E-state index contributed by atoms with van der Waals surface area (Å²) in [6.45, 7) is 1.58. The molecule has 0 bridgehead atoms. The molecule has 1 aliphatic heterocycles. The van der Waals surface area contributed by atoms with Crippen LogP contribution in [0.3, 0.4) is 0 Å². The Kier molecular flexibility index (Phi) is 7.64. The van der Waals surface area contributed by atoms with Gasteiger partial charge in [-0.15, -0.1) is 13.2 Å². The van der Waals surface area contributed by atoms with Crippen molar-refractivity contribution in [1.29, 1.82) is 0 Å². The van der Waals surface area contributed by atoms with Gasteiger partial charge in [0.2, 0.25) is 0 Å². The normalized spacial score (nSPS) is 16.0. The molecule has 0 spiro atoms. The van der Waals surface area contributed by atoms with Crippen molar-refractivity contribution in [3.8, 4) is 28.1 Å². The molecule has 42 heavy (non-hydrogen) atoms. The van der Waals surface area contributed by atoms with Gasteiger partial charge in [-0.05, 0) is 67.1 Å². The van der Waals surface area contributed by atoms with Crippen molar-refractivity contribution in [2.75, 3.05) is 18.0 Å². The highest BCUT2D eigenvalue weighted by atomic mass is 19.4. The molecule has 0 amide bonds. The number of benzene rings is 3. The van der Waals surface area contributed by atoms with Crippen LogP contribution < -0.4 is 9.64 Å². The summed E-state index contributed by atoms with van der Waals surface area (Å²) in [6.07, 6.45) is -1.56. The summed E-state index contributed by atoms with van der Waals surface area (Å²) >= 11 is 0. The van der Waals surface area contributed by atoms with Crippen LogP contribution in [0.1, 0.15) is 53.3 Å². The number of hydrogen-bond donors (Lipinski definition) is 1. The summed E-state index contributed by atoms with van der Waals surface area (Å²) in [5.41, 5.74) is 3.88. The number of hydrogen-bond acceptors (Lipinski definition) is 6. The van der Waals surface area contributed by atoms with E-state index in [0.717, 1.165) is 36.9 Å².